The standard InChI is InChI=1S/C22H18N2OS/c1-16-23-21(15-26-16)10-9-17-5-4-8-19(13-17)22(25)24-12-11-18-6-2-3-7-20(18)14-24/h2-8,13,15H,11-12,14H2,1H3. The molecule has 0 radical (unpaired) electrons. The second-order valence-electron chi connectivity index (χ2n) is 6.33. The number of hydrogen-bond acceptors (Lipinski definition) is 3. The Morgan fingerprint density at radius 2 is 1.96 bits per heavy atom. The number of thiazole rings is 1. The molecule has 3 aromatic rings. The van der Waals surface area contributed by atoms with Gasteiger partial charge in [-0.1, -0.05) is 36.3 Å². The zero-order valence-corrected chi connectivity index (χ0v) is 15.3. The van der Waals surface area contributed by atoms with Gasteiger partial charge in [-0.15, -0.1) is 11.3 Å². The number of aromatic nitrogens is 1. The SMILES string of the molecule is Cc1nc(C#Cc2cccc(C(=O)N3CCc4ccccc4C3)c2)cs1. The average molecular weight is 358 g/mol. The van der Waals surface area contributed by atoms with Gasteiger partial charge in [-0.25, -0.2) is 4.98 Å². The molecule has 0 saturated heterocycles. The molecule has 2 aromatic carbocycles. The van der Waals surface area contributed by atoms with E-state index in [2.05, 4.69) is 35.0 Å². The predicted molar refractivity (Wildman–Crippen MR) is 104 cm³/mol. The molecule has 128 valence electrons. The van der Waals surface area contributed by atoms with E-state index in [1.165, 1.54) is 11.1 Å². The highest BCUT2D eigenvalue weighted by molar-refractivity contribution is 7.09. The number of benzene rings is 2. The van der Waals surface area contributed by atoms with E-state index in [0.717, 1.165) is 29.2 Å². The van der Waals surface area contributed by atoms with Gasteiger partial charge in [0, 0.05) is 29.6 Å². The van der Waals surface area contributed by atoms with Gasteiger partial charge in [0.2, 0.25) is 0 Å². The van der Waals surface area contributed by atoms with Crippen LogP contribution >= 0.6 is 11.3 Å². The summed E-state index contributed by atoms with van der Waals surface area (Å²) in [6.45, 7) is 3.39. The summed E-state index contributed by atoms with van der Waals surface area (Å²) >= 11 is 1.59. The van der Waals surface area contributed by atoms with Crippen molar-refractivity contribution in [1.29, 1.82) is 0 Å². The monoisotopic (exact) mass is 358 g/mol. The van der Waals surface area contributed by atoms with Crippen LogP contribution in [0.2, 0.25) is 0 Å². The summed E-state index contributed by atoms with van der Waals surface area (Å²) in [7, 11) is 0. The van der Waals surface area contributed by atoms with Crippen molar-refractivity contribution in [2.45, 2.75) is 19.9 Å². The van der Waals surface area contributed by atoms with Crippen molar-refractivity contribution >= 4 is 17.2 Å². The van der Waals surface area contributed by atoms with Crippen LogP contribution in [-0.2, 0) is 13.0 Å². The van der Waals surface area contributed by atoms with Gasteiger partial charge in [0.1, 0.15) is 5.69 Å². The predicted octanol–water partition coefficient (Wildman–Crippen LogP) is 4.05. The van der Waals surface area contributed by atoms with Crippen LogP contribution < -0.4 is 0 Å². The van der Waals surface area contributed by atoms with Crippen LogP contribution in [0.3, 0.4) is 0 Å². The first-order valence-corrected chi connectivity index (χ1v) is 9.47. The van der Waals surface area contributed by atoms with E-state index in [9.17, 15) is 4.79 Å². The van der Waals surface area contributed by atoms with E-state index in [-0.39, 0.29) is 5.91 Å². The number of fused-ring (bicyclic) bond motifs is 1. The molecule has 0 atom stereocenters. The molecule has 0 spiro atoms. The molecule has 1 aliphatic rings. The molecule has 0 saturated carbocycles. The molecule has 1 amide bonds. The lowest BCUT2D eigenvalue weighted by Gasteiger charge is -2.29. The molecule has 4 rings (SSSR count). The number of nitrogens with zero attached hydrogens (tertiary/aromatic N) is 2. The van der Waals surface area contributed by atoms with Crippen LogP contribution in [0.1, 0.15) is 37.7 Å². The van der Waals surface area contributed by atoms with Gasteiger partial charge in [0.25, 0.3) is 5.91 Å². The second-order valence-corrected chi connectivity index (χ2v) is 7.39. The Morgan fingerprint density at radius 1 is 1.12 bits per heavy atom. The number of amides is 1. The summed E-state index contributed by atoms with van der Waals surface area (Å²) in [5.41, 5.74) is 4.87. The van der Waals surface area contributed by atoms with Crippen LogP contribution in [0, 0.1) is 18.8 Å². The first-order chi connectivity index (χ1) is 12.7. The highest BCUT2D eigenvalue weighted by Crippen LogP contribution is 2.20. The molecule has 0 fully saturated rings. The summed E-state index contributed by atoms with van der Waals surface area (Å²) in [5, 5.41) is 2.95. The molecular formula is C22H18N2OS. The molecule has 2 heterocycles. The minimum absolute atomic E-state index is 0.0626. The van der Waals surface area contributed by atoms with Crippen LogP contribution in [0.25, 0.3) is 0 Å². The zero-order chi connectivity index (χ0) is 17.9. The Labute approximate surface area is 157 Å². The molecule has 1 aromatic heterocycles. The molecule has 0 unspecified atom stereocenters. The Hall–Kier alpha value is -2.90. The van der Waals surface area contributed by atoms with Gasteiger partial charge < -0.3 is 4.90 Å². The van der Waals surface area contributed by atoms with Crippen molar-refractivity contribution in [3.63, 3.8) is 0 Å². The van der Waals surface area contributed by atoms with Gasteiger partial charge in [0.15, 0.2) is 0 Å². The van der Waals surface area contributed by atoms with E-state index in [4.69, 9.17) is 0 Å². The Balaban J connectivity index is 1.53. The number of hydrogen-bond donors (Lipinski definition) is 0. The van der Waals surface area contributed by atoms with Crippen LogP contribution in [-0.4, -0.2) is 22.3 Å². The van der Waals surface area contributed by atoms with E-state index >= 15 is 0 Å². The van der Waals surface area contributed by atoms with Crippen molar-refractivity contribution in [3.8, 4) is 11.8 Å². The molecule has 3 nitrogen and oxygen atoms in total. The number of carbonyl (C=O) groups is 1. The number of aryl methyl sites for hydroxylation is 1. The number of carbonyl (C=O) groups excluding carboxylic acids is 1. The van der Waals surface area contributed by atoms with E-state index < -0.39 is 0 Å². The molecule has 0 bridgehead atoms. The fourth-order valence-corrected chi connectivity index (χ4v) is 3.68. The molecule has 0 N–H and O–H groups in total. The van der Waals surface area contributed by atoms with Crippen molar-refractivity contribution < 1.29 is 4.79 Å². The fraction of sp³-hybridized carbons (Fsp3) is 0.182. The largest absolute Gasteiger partial charge is 0.334 e. The molecule has 0 aliphatic carbocycles. The summed E-state index contributed by atoms with van der Waals surface area (Å²) in [4.78, 5) is 19.2. The van der Waals surface area contributed by atoms with Crippen molar-refractivity contribution in [2.75, 3.05) is 6.54 Å². The second kappa shape index (κ2) is 7.15. The first kappa shape index (κ1) is 16.6. The maximum absolute atomic E-state index is 12.9. The van der Waals surface area contributed by atoms with Gasteiger partial charge in [-0.2, -0.15) is 0 Å². The third kappa shape index (κ3) is 3.54. The van der Waals surface area contributed by atoms with Crippen molar-refractivity contribution in [1.82, 2.24) is 9.88 Å². The highest BCUT2D eigenvalue weighted by Gasteiger charge is 2.21. The van der Waals surface area contributed by atoms with Crippen LogP contribution in [0.4, 0.5) is 0 Å². The minimum atomic E-state index is 0.0626. The smallest absolute Gasteiger partial charge is 0.254 e. The maximum atomic E-state index is 12.9. The topological polar surface area (TPSA) is 33.2 Å². The van der Waals surface area contributed by atoms with Gasteiger partial charge in [0.05, 0.1) is 5.01 Å². The van der Waals surface area contributed by atoms with E-state index in [0.29, 0.717) is 12.1 Å². The lowest BCUT2D eigenvalue weighted by atomic mass is 9.99. The quantitative estimate of drug-likeness (QED) is 0.615. The average Bonchev–Trinajstić information content (AvgIpc) is 3.11. The van der Waals surface area contributed by atoms with E-state index in [1.807, 2.05) is 47.5 Å². The zero-order valence-electron chi connectivity index (χ0n) is 14.5. The number of rotatable bonds is 1. The van der Waals surface area contributed by atoms with Gasteiger partial charge in [-0.05, 0) is 48.6 Å². The molecule has 26 heavy (non-hydrogen) atoms. The van der Waals surface area contributed by atoms with Crippen molar-refractivity contribution in [3.05, 3.63) is 86.9 Å². The maximum Gasteiger partial charge on any atom is 0.254 e. The minimum Gasteiger partial charge on any atom is -0.334 e. The van der Waals surface area contributed by atoms with E-state index in [1.54, 1.807) is 11.3 Å². The Kier molecular flexibility index (Phi) is 4.55. The lowest BCUT2D eigenvalue weighted by molar-refractivity contribution is 0.0734. The van der Waals surface area contributed by atoms with Crippen LogP contribution in [0.15, 0.2) is 53.9 Å². The summed E-state index contributed by atoms with van der Waals surface area (Å²) in [5.74, 6) is 6.24. The van der Waals surface area contributed by atoms with Gasteiger partial charge >= 0.3 is 0 Å². The molecule has 4 heteroatoms. The highest BCUT2D eigenvalue weighted by atomic mass is 32.1. The fourth-order valence-electron chi connectivity index (χ4n) is 3.14. The molecular weight excluding hydrogens is 340 g/mol. The Bertz CT molecular complexity index is 1030. The van der Waals surface area contributed by atoms with Crippen LogP contribution in [0.5, 0.6) is 0 Å². The Morgan fingerprint density at radius 3 is 2.77 bits per heavy atom. The normalized spacial score (nSPS) is 12.9. The molecule has 1 aliphatic heterocycles. The van der Waals surface area contributed by atoms with Gasteiger partial charge in [-0.3, -0.25) is 4.79 Å². The summed E-state index contributed by atoms with van der Waals surface area (Å²) in [6, 6.07) is 15.9. The first-order valence-electron chi connectivity index (χ1n) is 8.59. The third-order valence-electron chi connectivity index (χ3n) is 4.48. The lowest BCUT2D eigenvalue weighted by Crippen LogP contribution is -2.35. The van der Waals surface area contributed by atoms with Crippen molar-refractivity contribution in [2.24, 2.45) is 0 Å². The summed E-state index contributed by atoms with van der Waals surface area (Å²) < 4.78 is 0. The summed E-state index contributed by atoms with van der Waals surface area (Å²) in [6.07, 6.45) is 0.907. The third-order valence-corrected chi connectivity index (χ3v) is 5.25.